The lowest BCUT2D eigenvalue weighted by Gasteiger charge is -2.22. The predicted octanol–water partition coefficient (Wildman–Crippen LogP) is 1.58. The Morgan fingerprint density at radius 2 is 1.84 bits per heavy atom. The molecule has 0 saturated carbocycles. The summed E-state index contributed by atoms with van der Waals surface area (Å²) in [5.74, 6) is -0.791. The van der Waals surface area contributed by atoms with Crippen LogP contribution in [0.2, 0.25) is 5.02 Å². The summed E-state index contributed by atoms with van der Waals surface area (Å²) < 4.78 is 25.6. The van der Waals surface area contributed by atoms with Crippen molar-refractivity contribution >= 4 is 33.4 Å². The number of rotatable bonds is 7. The molecule has 0 heterocycles. The van der Waals surface area contributed by atoms with Gasteiger partial charge in [-0.25, -0.2) is 12.7 Å². The maximum Gasteiger partial charge on any atom is 0.255 e. The Labute approximate surface area is 154 Å². The number of sulfonamides is 1. The largest absolute Gasteiger partial charge is 0.352 e. The van der Waals surface area contributed by atoms with Crippen molar-refractivity contribution in [2.75, 3.05) is 27.2 Å². The fourth-order valence-corrected chi connectivity index (χ4v) is 3.20. The van der Waals surface area contributed by atoms with E-state index in [4.69, 9.17) is 11.6 Å². The van der Waals surface area contributed by atoms with Gasteiger partial charge in [0.15, 0.2) is 0 Å². The molecule has 0 atom stereocenters. The van der Waals surface area contributed by atoms with E-state index >= 15 is 0 Å². The lowest BCUT2D eigenvalue weighted by molar-refractivity contribution is -0.122. The average molecular weight is 390 g/mol. The summed E-state index contributed by atoms with van der Waals surface area (Å²) >= 11 is 6.09. The highest BCUT2D eigenvalue weighted by Gasteiger charge is 2.24. The number of likely N-dealkylation sites (N-methyl/N-ethyl adjacent to an activating group) is 1. The first kappa shape index (κ1) is 21.4. The minimum absolute atomic E-state index is 0.0343. The second-order valence-corrected chi connectivity index (χ2v) is 8.53. The number of halogens is 1. The van der Waals surface area contributed by atoms with Gasteiger partial charge in [0.1, 0.15) is 0 Å². The Morgan fingerprint density at radius 1 is 1.24 bits per heavy atom. The molecule has 9 heteroatoms. The highest BCUT2D eigenvalue weighted by molar-refractivity contribution is 7.89. The molecule has 0 aliphatic carbocycles. The van der Waals surface area contributed by atoms with Crippen LogP contribution in [0.25, 0.3) is 0 Å². The fraction of sp³-hybridized carbons (Fsp3) is 0.500. The number of nitrogens with one attached hydrogen (secondary N) is 1. The van der Waals surface area contributed by atoms with E-state index in [-0.39, 0.29) is 40.5 Å². The molecule has 1 aromatic rings. The van der Waals surface area contributed by atoms with Crippen molar-refractivity contribution < 1.29 is 18.0 Å². The van der Waals surface area contributed by atoms with E-state index in [1.165, 1.54) is 37.2 Å². The van der Waals surface area contributed by atoms with Gasteiger partial charge >= 0.3 is 0 Å². The quantitative estimate of drug-likeness (QED) is 0.766. The van der Waals surface area contributed by atoms with E-state index in [0.717, 1.165) is 4.31 Å². The van der Waals surface area contributed by atoms with Gasteiger partial charge in [-0.3, -0.25) is 9.59 Å². The molecule has 1 N–H and O–H groups in total. The monoisotopic (exact) mass is 389 g/mol. The summed E-state index contributed by atoms with van der Waals surface area (Å²) in [7, 11) is -0.891. The van der Waals surface area contributed by atoms with Gasteiger partial charge in [-0.05, 0) is 39.0 Å². The second-order valence-electron chi connectivity index (χ2n) is 5.97. The van der Waals surface area contributed by atoms with Crippen molar-refractivity contribution in [3.8, 4) is 0 Å². The standard InChI is InChI=1S/C16H24ClN3O4S/c1-6-20(10-15(21)18-11(2)3)16(22)13-9-12(7-8-14(13)17)25(23,24)19(4)5/h7-9,11H,6,10H2,1-5H3,(H,18,21). The number of carbonyl (C=O) groups excluding carboxylic acids is 2. The van der Waals surface area contributed by atoms with Crippen LogP contribution in [-0.4, -0.2) is 62.7 Å². The predicted molar refractivity (Wildman–Crippen MR) is 97.2 cm³/mol. The van der Waals surface area contributed by atoms with Crippen LogP contribution in [0.5, 0.6) is 0 Å². The molecule has 140 valence electrons. The molecule has 0 aliphatic heterocycles. The molecular formula is C16H24ClN3O4S. The van der Waals surface area contributed by atoms with Crippen LogP contribution in [0.4, 0.5) is 0 Å². The zero-order valence-corrected chi connectivity index (χ0v) is 16.6. The number of hydrogen-bond donors (Lipinski definition) is 1. The van der Waals surface area contributed by atoms with Crippen molar-refractivity contribution in [1.29, 1.82) is 0 Å². The van der Waals surface area contributed by atoms with E-state index in [1.807, 2.05) is 13.8 Å². The summed E-state index contributed by atoms with van der Waals surface area (Å²) in [4.78, 5) is 25.9. The third-order valence-electron chi connectivity index (χ3n) is 3.40. The molecule has 0 fully saturated rings. The maximum atomic E-state index is 12.7. The van der Waals surface area contributed by atoms with Crippen LogP contribution in [-0.2, 0) is 14.8 Å². The summed E-state index contributed by atoms with van der Waals surface area (Å²) in [6.07, 6.45) is 0. The highest BCUT2D eigenvalue weighted by Crippen LogP contribution is 2.23. The second kappa shape index (κ2) is 8.64. The first-order valence-electron chi connectivity index (χ1n) is 7.81. The normalized spacial score (nSPS) is 11.7. The number of amides is 2. The molecule has 0 spiro atoms. The van der Waals surface area contributed by atoms with Gasteiger partial charge in [-0.1, -0.05) is 11.6 Å². The highest BCUT2D eigenvalue weighted by atomic mass is 35.5. The molecule has 2 amide bonds. The average Bonchev–Trinajstić information content (AvgIpc) is 2.51. The molecule has 7 nitrogen and oxygen atoms in total. The van der Waals surface area contributed by atoms with Gasteiger partial charge < -0.3 is 10.2 Å². The molecule has 0 bridgehead atoms. The van der Waals surface area contributed by atoms with Crippen molar-refractivity contribution in [1.82, 2.24) is 14.5 Å². The Bertz CT molecular complexity index is 748. The minimum atomic E-state index is -3.70. The Morgan fingerprint density at radius 3 is 2.32 bits per heavy atom. The molecule has 0 unspecified atom stereocenters. The van der Waals surface area contributed by atoms with Crippen LogP contribution in [0.1, 0.15) is 31.1 Å². The molecule has 0 saturated heterocycles. The number of benzene rings is 1. The topological polar surface area (TPSA) is 86.8 Å². The van der Waals surface area contributed by atoms with Crippen molar-refractivity contribution in [3.05, 3.63) is 28.8 Å². The van der Waals surface area contributed by atoms with E-state index in [2.05, 4.69) is 5.32 Å². The van der Waals surface area contributed by atoms with Gasteiger partial charge in [0, 0.05) is 26.7 Å². The maximum absolute atomic E-state index is 12.7. The molecule has 1 rings (SSSR count). The molecule has 0 aromatic heterocycles. The number of carbonyl (C=O) groups is 2. The fourth-order valence-electron chi connectivity index (χ4n) is 2.08. The van der Waals surface area contributed by atoms with Crippen LogP contribution >= 0.6 is 11.6 Å². The smallest absolute Gasteiger partial charge is 0.255 e. The van der Waals surface area contributed by atoms with Gasteiger partial charge in [0.2, 0.25) is 15.9 Å². The van der Waals surface area contributed by atoms with E-state index < -0.39 is 15.9 Å². The summed E-state index contributed by atoms with van der Waals surface area (Å²) in [6, 6.07) is 3.91. The van der Waals surface area contributed by atoms with Gasteiger partial charge in [0.25, 0.3) is 5.91 Å². The lowest BCUT2D eigenvalue weighted by Crippen LogP contribution is -2.42. The SMILES string of the molecule is CCN(CC(=O)NC(C)C)C(=O)c1cc(S(=O)(=O)N(C)C)ccc1Cl. The van der Waals surface area contributed by atoms with Crippen LogP contribution in [0.3, 0.4) is 0 Å². The third kappa shape index (κ3) is 5.42. The van der Waals surface area contributed by atoms with Gasteiger partial charge in [0.05, 0.1) is 22.0 Å². The lowest BCUT2D eigenvalue weighted by atomic mass is 10.2. The third-order valence-corrected chi connectivity index (χ3v) is 5.54. The molecule has 25 heavy (non-hydrogen) atoms. The van der Waals surface area contributed by atoms with E-state index in [0.29, 0.717) is 0 Å². The van der Waals surface area contributed by atoms with Gasteiger partial charge in [-0.15, -0.1) is 0 Å². The van der Waals surface area contributed by atoms with Crippen molar-refractivity contribution in [2.45, 2.75) is 31.7 Å². The molecule has 0 radical (unpaired) electrons. The first-order chi connectivity index (χ1) is 11.5. The zero-order valence-electron chi connectivity index (χ0n) is 15.0. The Kier molecular flexibility index (Phi) is 7.40. The van der Waals surface area contributed by atoms with Crippen molar-refractivity contribution in [2.24, 2.45) is 0 Å². The summed E-state index contributed by atoms with van der Waals surface area (Å²) in [5, 5.41) is 2.84. The van der Waals surface area contributed by atoms with E-state index in [1.54, 1.807) is 6.92 Å². The Balaban J connectivity index is 3.17. The summed E-state index contributed by atoms with van der Waals surface area (Å²) in [5.41, 5.74) is 0.0452. The van der Waals surface area contributed by atoms with E-state index in [9.17, 15) is 18.0 Å². The van der Waals surface area contributed by atoms with Gasteiger partial charge in [-0.2, -0.15) is 0 Å². The summed E-state index contributed by atoms with van der Waals surface area (Å²) in [6.45, 7) is 5.53. The minimum Gasteiger partial charge on any atom is -0.352 e. The zero-order chi connectivity index (χ0) is 19.4. The van der Waals surface area contributed by atoms with Crippen LogP contribution < -0.4 is 5.32 Å². The van der Waals surface area contributed by atoms with Crippen LogP contribution in [0, 0.1) is 0 Å². The molecule has 1 aromatic carbocycles. The Hall–Kier alpha value is -1.64. The van der Waals surface area contributed by atoms with Crippen molar-refractivity contribution in [3.63, 3.8) is 0 Å². The number of hydrogen-bond acceptors (Lipinski definition) is 4. The first-order valence-corrected chi connectivity index (χ1v) is 9.63. The molecule has 0 aliphatic rings. The molecular weight excluding hydrogens is 366 g/mol. The number of nitrogens with zero attached hydrogens (tertiary/aromatic N) is 2. The van der Waals surface area contributed by atoms with Crippen LogP contribution in [0.15, 0.2) is 23.1 Å².